The van der Waals surface area contributed by atoms with Crippen molar-refractivity contribution < 1.29 is 13.9 Å². The molecule has 0 saturated carbocycles. The molecule has 0 atom stereocenters. The highest BCUT2D eigenvalue weighted by Gasteiger charge is 2.22. The van der Waals surface area contributed by atoms with Crippen molar-refractivity contribution in [2.45, 2.75) is 6.04 Å². The van der Waals surface area contributed by atoms with Crippen molar-refractivity contribution in [1.29, 1.82) is 0 Å². The molecule has 0 radical (unpaired) electrons. The molecule has 0 amide bonds. The predicted octanol–water partition coefficient (Wildman–Crippen LogP) is 4.94. The zero-order valence-electron chi connectivity index (χ0n) is 18.5. The predicted molar refractivity (Wildman–Crippen MR) is 130 cm³/mol. The molecule has 2 aromatic heterocycles. The number of hydrogen-bond acceptors (Lipinski definition) is 7. The molecular formula is C25H23ClFN5O2. The van der Waals surface area contributed by atoms with Gasteiger partial charge in [-0.15, -0.1) is 0 Å². The molecule has 1 N–H and O–H groups in total. The Hall–Kier alpha value is -3.33. The van der Waals surface area contributed by atoms with Crippen LogP contribution in [0.15, 0.2) is 60.9 Å². The van der Waals surface area contributed by atoms with Gasteiger partial charge in [0.15, 0.2) is 0 Å². The lowest BCUT2D eigenvalue weighted by Gasteiger charge is -2.34. The van der Waals surface area contributed by atoms with E-state index in [1.165, 1.54) is 18.2 Å². The SMILES string of the molecule is CN(CCOc1ccc2c(Nc3cnnc(-c4cc(Cl)ccc4F)c3)ccnc2c1)C1COC1. The molecule has 5 rings (SSSR count). The first-order valence-electron chi connectivity index (χ1n) is 10.9. The maximum Gasteiger partial charge on any atom is 0.132 e. The number of benzene rings is 2. The second kappa shape index (κ2) is 9.89. The molecule has 174 valence electrons. The number of nitrogens with zero attached hydrogens (tertiary/aromatic N) is 4. The first-order chi connectivity index (χ1) is 16.6. The van der Waals surface area contributed by atoms with E-state index in [4.69, 9.17) is 21.1 Å². The van der Waals surface area contributed by atoms with E-state index >= 15 is 0 Å². The lowest BCUT2D eigenvalue weighted by atomic mass is 10.1. The largest absolute Gasteiger partial charge is 0.492 e. The third kappa shape index (κ3) is 4.94. The molecular weight excluding hydrogens is 457 g/mol. The molecule has 0 aliphatic carbocycles. The smallest absolute Gasteiger partial charge is 0.132 e. The molecule has 9 heteroatoms. The van der Waals surface area contributed by atoms with E-state index in [-0.39, 0.29) is 0 Å². The maximum atomic E-state index is 14.3. The first-order valence-corrected chi connectivity index (χ1v) is 11.3. The molecule has 2 aromatic carbocycles. The summed E-state index contributed by atoms with van der Waals surface area (Å²) < 4.78 is 25.5. The second-order valence-corrected chi connectivity index (χ2v) is 8.57. The minimum atomic E-state index is -0.412. The van der Waals surface area contributed by atoms with Crippen LogP contribution in [0.4, 0.5) is 15.8 Å². The fraction of sp³-hybridized carbons (Fsp3) is 0.240. The molecule has 0 spiro atoms. The number of rotatable bonds is 8. The van der Waals surface area contributed by atoms with E-state index in [1.54, 1.807) is 18.5 Å². The minimum Gasteiger partial charge on any atom is -0.492 e. The van der Waals surface area contributed by atoms with E-state index in [0.29, 0.717) is 34.6 Å². The topological polar surface area (TPSA) is 72.4 Å². The molecule has 3 heterocycles. The van der Waals surface area contributed by atoms with Gasteiger partial charge in [-0.3, -0.25) is 9.88 Å². The highest BCUT2D eigenvalue weighted by Crippen LogP contribution is 2.30. The molecule has 1 fully saturated rings. The quantitative estimate of drug-likeness (QED) is 0.384. The highest BCUT2D eigenvalue weighted by molar-refractivity contribution is 6.30. The summed E-state index contributed by atoms with van der Waals surface area (Å²) in [6, 6.07) is 14.3. The number of anilines is 2. The Morgan fingerprint density at radius 3 is 2.88 bits per heavy atom. The van der Waals surface area contributed by atoms with Crippen LogP contribution < -0.4 is 10.1 Å². The van der Waals surface area contributed by atoms with Crippen LogP contribution in [0.5, 0.6) is 5.75 Å². The van der Waals surface area contributed by atoms with Gasteiger partial charge >= 0.3 is 0 Å². The Kier molecular flexibility index (Phi) is 6.53. The Labute approximate surface area is 201 Å². The van der Waals surface area contributed by atoms with Crippen LogP contribution in [0, 0.1) is 5.82 Å². The summed E-state index contributed by atoms with van der Waals surface area (Å²) >= 11 is 6.03. The highest BCUT2D eigenvalue weighted by atomic mass is 35.5. The zero-order valence-corrected chi connectivity index (χ0v) is 19.3. The summed E-state index contributed by atoms with van der Waals surface area (Å²) in [6.07, 6.45) is 3.31. The number of ether oxygens (including phenoxy) is 2. The summed E-state index contributed by atoms with van der Waals surface area (Å²) in [5.74, 6) is 0.352. The van der Waals surface area contributed by atoms with Crippen LogP contribution in [-0.2, 0) is 4.74 Å². The lowest BCUT2D eigenvalue weighted by Crippen LogP contribution is -2.48. The first kappa shape index (κ1) is 22.5. The van der Waals surface area contributed by atoms with Gasteiger partial charge in [0.2, 0.25) is 0 Å². The van der Waals surface area contributed by atoms with Gasteiger partial charge < -0.3 is 14.8 Å². The fourth-order valence-electron chi connectivity index (χ4n) is 3.71. The Morgan fingerprint density at radius 1 is 1.18 bits per heavy atom. The van der Waals surface area contributed by atoms with Crippen LogP contribution in [0.1, 0.15) is 0 Å². The zero-order chi connectivity index (χ0) is 23.5. The van der Waals surface area contributed by atoms with E-state index in [0.717, 1.165) is 42.1 Å². The van der Waals surface area contributed by atoms with Crippen LogP contribution in [-0.4, -0.2) is 59.5 Å². The van der Waals surface area contributed by atoms with Gasteiger partial charge in [-0.2, -0.15) is 10.2 Å². The Morgan fingerprint density at radius 2 is 2.06 bits per heavy atom. The van der Waals surface area contributed by atoms with Crippen LogP contribution in [0.25, 0.3) is 22.2 Å². The third-order valence-electron chi connectivity index (χ3n) is 5.81. The minimum absolute atomic E-state index is 0.292. The van der Waals surface area contributed by atoms with Crippen molar-refractivity contribution in [3.63, 3.8) is 0 Å². The van der Waals surface area contributed by atoms with Gasteiger partial charge in [-0.25, -0.2) is 4.39 Å². The van der Waals surface area contributed by atoms with Gasteiger partial charge in [0.25, 0.3) is 0 Å². The summed E-state index contributed by atoms with van der Waals surface area (Å²) in [5.41, 5.74) is 2.98. The van der Waals surface area contributed by atoms with Crippen molar-refractivity contribution in [1.82, 2.24) is 20.1 Å². The van der Waals surface area contributed by atoms with Crippen LogP contribution >= 0.6 is 11.6 Å². The van der Waals surface area contributed by atoms with E-state index < -0.39 is 5.82 Å². The van der Waals surface area contributed by atoms with Crippen molar-refractivity contribution >= 4 is 33.9 Å². The molecule has 7 nitrogen and oxygen atoms in total. The van der Waals surface area contributed by atoms with E-state index in [1.807, 2.05) is 24.3 Å². The number of aromatic nitrogens is 3. The average molecular weight is 480 g/mol. The molecule has 34 heavy (non-hydrogen) atoms. The summed E-state index contributed by atoms with van der Waals surface area (Å²) in [5, 5.41) is 12.8. The summed E-state index contributed by atoms with van der Waals surface area (Å²) in [4.78, 5) is 6.73. The molecule has 0 bridgehead atoms. The molecule has 1 aliphatic heterocycles. The molecule has 0 unspecified atom stereocenters. The Balaban J connectivity index is 1.32. The molecule has 1 saturated heterocycles. The number of pyridine rings is 1. The average Bonchev–Trinajstić information content (AvgIpc) is 2.80. The van der Waals surface area contributed by atoms with Gasteiger partial charge in [0, 0.05) is 40.5 Å². The van der Waals surface area contributed by atoms with Crippen LogP contribution in [0.3, 0.4) is 0 Å². The Bertz CT molecular complexity index is 1320. The van der Waals surface area contributed by atoms with Crippen LogP contribution in [0.2, 0.25) is 5.02 Å². The number of hydrogen-bond donors (Lipinski definition) is 1. The number of halogens is 2. The second-order valence-electron chi connectivity index (χ2n) is 8.14. The normalized spacial score (nSPS) is 13.8. The molecule has 1 aliphatic rings. The number of fused-ring (bicyclic) bond motifs is 1. The van der Waals surface area contributed by atoms with Gasteiger partial charge in [0.1, 0.15) is 18.2 Å². The van der Waals surface area contributed by atoms with Crippen molar-refractivity contribution in [3.05, 3.63) is 71.8 Å². The third-order valence-corrected chi connectivity index (χ3v) is 6.04. The summed E-state index contributed by atoms with van der Waals surface area (Å²) in [7, 11) is 2.08. The van der Waals surface area contributed by atoms with Crippen molar-refractivity contribution in [2.24, 2.45) is 0 Å². The van der Waals surface area contributed by atoms with Crippen molar-refractivity contribution in [3.8, 4) is 17.0 Å². The summed E-state index contributed by atoms with van der Waals surface area (Å²) in [6.45, 7) is 2.98. The maximum absolute atomic E-state index is 14.3. The van der Waals surface area contributed by atoms with E-state index in [9.17, 15) is 4.39 Å². The van der Waals surface area contributed by atoms with E-state index in [2.05, 4.69) is 32.4 Å². The number of likely N-dealkylation sites (N-methyl/N-ethyl adjacent to an activating group) is 1. The standard InChI is InChI=1S/C25H23ClFN5O2/c1-32(18-14-33-15-18)8-9-34-19-3-4-20-23(6-7-28-24(20)12-19)30-17-11-25(31-29-13-17)21-10-16(26)2-5-22(21)27/h2-7,10-13,18H,8-9,14-15H2,1H3,(H,28,30,31). The fourth-order valence-corrected chi connectivity index (χ4v) is 3.88. The number of nitrogens with one attached hydrogen (secondary N) is 1. The van der Waals surface area contributed by atoms with Gasteiger partial charge in [0.05, 0.1) is 42.4 Å². The lowest BCUT2D eigenvalue weighted by molar-refractivity contribution is -0.0582. The molecule has 4 aromatic rings. The van der Waals surface area contributed by atoms with Crippen molar-refractivity contribution in [2.75, 3.05) is 38.7 Å². The monoisotopic (exact) mass is 479 g/mol. The van der Waals surface area contributed by atoms with Gasteiger partial charge in [-0.1, -0.05) is 11.6 Å². The van der Waals surface area contributed by atoms with Gasteiger partial charge in [-0.05, 0) is 49.5 Å².